The van der Waals surface area contributed by atoms with Gasteiger partial charge >= 0.3 is 12.2 Å². The average molecular weight is 670 g/mol. The molecule has 0 radical (unpaired) electrons. The van der Waals surface area contributed by atoms with Gasteiger partial charge in [0.15, 0.2) is 0 Å². The van der Waals surface area contributed by atoms with Crippen LogP contribution < -0.4 is 26.6 Å². The molecular weight excluding hydrogens is 626 g/mol. The van der Waals surface area contributed by atoms with Crippen LogP contribution >= 0.6 is 0 Å². The van der Waals surface area contributed by atoms with E-state index in [4.69, 9.17) is 9.84 Å². The molecule has 6 N–H and O–H groups in total. The first-order chi connectivity index (χ1) is 23.4. The summed E-state index contributed by atoms with van der Waals surface area (Å²) >= 11 is 0. The van der Waals surface area contributed by atoms with Crippen LogP contribution in [0.2, 0.25) is 0 Å². The minimum Gasteiger partial charge on any atom is -0.465 e. The molecule has 258 valence electrons. The number of carbonyl (C=O) groups is 4. The van der Waals surface area contributed by atoms with Crippen molar-refractivity contribution in [3.63, 3.8) is 0 Å². The summed E-state index contributed by atoms with van der Waals surface area (Å²) in [5, 5.41) is 27.3. The predicted molar refractivity (Wildman–Crippen MR) is 186 cm³/mol. The Morgan fingerprint density at radius 1 is 0.837 bits per heavy atom. The van der Waals surface area contributed by atoms with Crippen LogP contribution in [0.4, 0.5) is 21.1 Å². The number of carbonyl (C=O) groups excluding carboxylic acids is 3. The number of anilines is 2. The summed E-state index contributed by atoms with van der Waals surface area (Å²) < 4.78 is 6.80. The SMILES string of the molecule is Cn1ncc(NC(=O)[C@H](CCCNC(=O)O)NC(=O)CNC(=O)OC(C)(C)C)c1NC(c1ccccc1)(c1ccccc1)c1ccccc1. The summed E-state index contributed by atoms with van der Waals surface area (Å²) in [6, 6.07) is 28.8. The van der Waals surface area contributed by atoms with Crippen molar-refractivity contribution in [1.82, 2.24) is 25.7 Å². The second kappa shape index (κ2) is 16.3. The lowest BCUT2D eigenvalue weighted by Gasteiger charge is -2.38. The monoisotopic (exact) mass is 669 g/mol. The molecule has 13 nitrogen and oxygen atoms in total. The Labute approximate surface area is 285 Å². The van der Waals surface area contributed by atoms with Gasteiger partial charge < -0.3 is 36.4 Å². The van der Waals surface area contributed by atoms with Crippen LogP contribution in [0.15, 0.2) is 97.2 Å². The van der Waals surface area contributed by atoms with E-state index in [0.717, 1.165) is 16.7 Å². The molecule has 49 heavy (non-hydrogen) atoms. The van der Waals surface area contributed by atoms with E-state index >= 15 is 0 Å². The Bertz CT molecular complexity index is 1610. The Balaban J connectivity index is 1.64. The highest BCUT2D eigenvalue weighted by Crippen LogP contribution is 2.41. The maximum Gasteiger partial charge on any atom is 0.408 e. The molecule has 0 aliphatic rings. The number of aryl methyl sites for hydroxylation is 1. The number of nitrogens with one attached hydrogen (secondary N) is 5. The van der Waals surface area contributed by atoms with Crippen LogP contribution in [0.3, 0.4) is 0 Å². The Kier molecular flexibility index (Phi) is 12.0. The number of ether oxygens (including phenoxy) is 1. The van der Waals surface area contributed by atoms with Gasteiger partial charge in [0.05, 0.1) is 6.20 Å². The smallest absolute Gasteiger partial charge is 0.408 e. The predicted octanol–water partition coefficient (Wildman–Crippen LogP) is 4.82. The molecular formula is C36H43N7O6. The third-order valence-electron chi connectivity index (χ3n) is 7.51. The Hall–Kier alpha value is -5.85. The van der Waals surface area contributed by atoms with Gasteiger partial charge in [0.25, 0.3) is 0 Å². The van der Waals surface area contributed by atoms with Crippen LogP contribution in [0.5, 0.6) is 0 Å². The lowest BCUT2D eigenvalue weighted by atomic mass is 9.77. The molecule has 4 rings (SSSR count). The molecule has 1 atom stereocenters. The molecule has 0 bridgehead atoms. The van der Waals surface area contributed by atoms with E-state index < -0.39 is 47.7 Å². The summed E-state index contributed by atoms with van der Waals surface area (Å²) in [6.45, 7) is 4.73. The molecule has 4 aromatic rings. The fourth-order valence-corrected chi connectivity index (χ4v) is 5.34. The van der Waals surface area contributed by atoms with E-state index in [-0.39, 0.29) is 19.4 Å². The number of hydrogen-bond acceptors (Lipinski definition) is 7. The standard InChI is InChI=1S/C36H43N7O6/c1-35(2,3)49-34(48)38-24-30(44)40-28(21-14-22-37-33(46)47)32(45)41-29-23-39-43(4)31(29)42-36(25-15-8-5-9-16-25,26-17-10-6-11-18-26)27-19-12-7-13-20-27/h5-13,15-20,23,28,37,42H,14,21-22,24H2,1-4H3,(H,38,48)(H,40,44)(H,41,45)(H,46,47)/t28-/m0/s1. The normalized spacial score (nSPS) is 11.9. The highest BCUT2D eigenvalue weighted by atomic mass is 16.6. The van der Waals surface area contributed by atoms with Gasteiger partial charge in [0.1, 0.15) is 35.2 Å². The van der Waals surface area contributed by atoms with Gasteiger partial charge in [-0.2, -0.15) is 5.10 Å². The molecule has 1 aromatic heterocycles. The van der Waals surface area contributed by atoms with Crippen molar-refractivity contribution in [3.05, 3.63) is 114 Å². The van der Waals surface area contributed by atoms with Crippen LogP contribution in [0.1, 0.15) is 50.3 Å². The van der Waals surface area contributed by atoms with Gasteiger partial charge in [-0.1, -0.05) is 91.0 Å². The van der Waals surface area contributed by atoms with E-state index in [0.29, 0.717) is 11.5 Å². The second-order valence-corrected chi connectivity index (χ2v) is 12.3. The van der Waals surface area contributed by atoms with Gasteiger partial charge in [0, 0.05) is 13.6 Å². The molecule has 0 fully saturated rings. The molecule has 3 aromatic carbocycles. The van der Waals surface area contributed by atoms with Crippen molar-refractivity contribution in [2.24, 2.45) is 7.05 Å². The summed E-state index contributed by atoms with van der Waals surface area (Å²) in [7, 11) is 1.75. The highest BCUT2D eigenvalue weighted by Gasteiger charge is 2.38. The van der Waals surface area contributed by atoms with Gasteiger partial charge in [-0.15, -0.1) is 0 Å². The fourth-order valence-electron chi connectivity index (χ4n) is 5.34. The van der Waals surface area contributed by atoms with Gasteiger partial charge in [-0.05, 0) is 50.3 Å². The van der Waals surface area contributed by atoms with Gasteiger partial charge in [-0.25, -0.2) is 9.59 Å². The van der Waals surface area contributed by atoms with Crippen molar-refractivity contribution < 1.29 is 29.0 Å². The minimum atomic E-state index is -1.20. The number of benzene rings is 3. The highest BCUT2D eigenvalue weighted by molar-refractivity contribution is 5.99. The van der Waals surface area contributed by atoms with Crippen molar-refractivity contribution in [1.29, 1.82) is 0 Å². The summed E-state index contributed by atoms with van der Waals surface area (Å²) in [5.41, 5.74) is 1.52. The van der Waals surface area contributed by atoms with Crippen LogP contribution in [0.25, 0.3) is 0 Å². The van der Waals surface area contributed by atoms with E-state index in [2.05, 4.69) is 31.7 Å². The zero-order chi connectivity index (χ0) is 35.4. The maximum atomic E-state index is 13.8. The average Bonchev–Trinajstić information content (AvgIpc) is 3.41. The number of amides is 4. The minimum absolute atomic E-state index is 0.0680. The zero-order valence-corrected chi connectivity index (χ0v) is 28.0. The Morgan fingerprint density at radius 2 is 1.37 bits per heavy atom. The first-order valence-electron chi connectivity index (χ1n) is 15.9. The molecule has 0 aliphatic heterocycles. The molecule has 0 saturated carbocycles. The summed E-state index contributed by atoms with van der Waals surface area (Å²) in [5.74, 6) is -0.686. The van der Waals surface area contributed by atoms with Gasteiger partial charge in [-0.3, -0.25) is 14.3 Å². The van der Waals surface area contributed by atoms with E-state index in [1.807, 2.05) is 91.0 Å². The van der Waals surface area contributed by atoms with E-state index in [1.165, 1.54) is 6.20 Å². The third kappa shape index (κ3) is 9.83. The number of hydrogen-bond donors (Lipinski definition) is 6. The zero-order valence-electron chi connectivity index (χ0n) is 28.0. The maximum absolute atomic E-state index is 13.8. The molecule has 1 heterocycles. The van der Waals surface area contributed by atoms with Gasteiger partial charge in [0.2, 0.25) is 11.8 Å². The van der Waals surface area contributed by atoms with Crippen molar-refractivity contribution in [3.8, 4) is 0 Å². The Morgan fingerprint density at radius 3 is 1.86 bits per heavy atom. The first kappa shape index (κ1) is 36.0. The van der Waals surface area contributed by atoms with Crippen molar-refractivity contribution >= 4 is 35.5 Å². The fraction of sp³-hybridized carbons (Fsp3) is 0.306. The number of carboxylic acid groups (broad SMARTS) is 1. The summed E-state index contributed by atoms with van der Waals surface area (Å²) in [6.07, 6.45) is -0.104. The molecule has 0 aliphatic carbocycles. The molecule has 0 saturated heterocycles. The molecule has 0 spiro atoms. The second-order valence-electron chi connectivity index (χ2n) is 12.3. The molecule has 0 unspecified atom stereocenters. The first-order valence-corrected chi connectivity index (χ1v) is 15.9. The summed E-state index contributed by atoms with van der Waals surface area (Å²) in [4.78, 5) is 49.7. The molecule has 13 heteroatoms. The van der Waals surface area contributed by atoms with Crippen LogP contribution in [-0.2, 0) is 26.9 Å². The lowest BCUT2D eigenvalue weighted by Crippen LogP contribution is -2.48. The molecule has 4 amide bonds. The number of nitrogens with zero attached hydrogens (tertiary/aromatic N) is 2. The third-order valence-corrected chi connectivity index (χ3v) is 7.51. The lowest BCUT2D eigenvalue weighted by molar-refractivity contribution is -0.126. The van der Waals surface area contributed by atoms with Crippen LogP contribution in [0, 0.1) is 0 Å². The largest absolute Gasteiger partial charge is 0.465 e. The van der Waals surface area contributed by atoms with E-state index in [1.54, 1.807) is 32.5 Å². The quantitative estimate of drug-likeness (QED) is 0.0818. The van der Waals surface area contributed by atoms with Crippen molar-refractivity contribution in [2.75, 3.05) is 23.7 Å². The number of alkyl carbamates (subject to hydrolysis) is 1. The number of aromatic nitrogens is 2. The van der Waals surface area contributed by atoms with E-state index in [9.17, 15) is 19.2 Å². The number of rotatable bonds is 14. The van der Waals surface area contributed by atoms with Crippen LogP contribution in [-0.4, -0.2) is 63.6 Å². The van der Waals surface area contributed by atoms with Crippen molar-refractivity contribution in [2.45, 2.75) is 50.8 Å². The topological polar surface area (TPSA) is 176 Å².